The number of fused-ring (bicyclic) bond motifs is 1. The van der Waals surface area contributed by atoms with Gasteiger partial charge >= 0.3 is 0 Å². The van der Waals surface area contributed by atoms with Crippen molar-refractivity contribution in [3.8, 4) is 0 Å². The second-order valence-corrected chi connectivity index (χ2v) is 5.98. The monoisotopic (exact) mass is 254 g/mol. The molecule has 2 aromatic heterocycles. The molecule has 86 valence electrons. The van der Waals surface area contributed by atoms with E-state index in [0.29, 0.717) is 5.41 Å². The first-order valence-corrected chi connectivity index (χ1v) is 7.20. The minimum absolute atomic E-state index is 0.325. The van der Waals surface area contributed by atoms with E-state index in [1.807, 2.05) is 0 Å². The number of halogens is 1. The van der Waals surface area contributed by atoms with Crippen LogP contribution in [0.4, 0.5) is 0 Å². The van der Waals surface area contributed by atoms with Crippen LogP contribution in [0.5, 0.6) is 0 Å². The summed E-state index contributed by atoms with van der Waals surface area (Å²) in [5.74, 6) is 0.776. The van der Waals surface area contributed by atoms with Crippen LogP contribution >= 0.6 is 22.9 Å². The molecule has 1 fully saturated rings. The molecule has 3 rings (SSSR count). The average Bonchev–Trinajstić information content (AvgIpc) is 2.93. The van der Waals surface area contributed by atoms with E-state index in [9.17, 15) is 0 Å². The third-order valence-electron chi connectivity index (χ3n) is 3.65. The summed E-state index contributed by atoms with van der Waals surface area (Å²) in [4.78, 5) is 5.75. The predicted octanol–water partition coefficient (Wildman–Crippen LogP) is 3.74. The molecule has 0 radical (unpaired) electrons. The molecule has 0 saturated heterocycles. The normalized spacial score (nSPS) is 19.6. The van der Waals surface area contributed by atoms with Gasteiger partial charge in [-0.3, -0.25) is 4.40 Å². The van der Waals surface area contributed by atoms with E-state index in [2.05, 4.69) is 27.2 Å². The highest BCUT2D eigenvalue weighted by atomic mass is 35.5. The predicted molar refractivity (Wildman–Crippen MR) is 68.4 cm³/mol. The zero-order chi connectivity index (χ0) is 11.0. The Labute approximate surface area is 104 Å². The van der Waals surface area contributed by atoms with Gasteiger partial charge in [-0.15, -0.1) is 22.9 Å². The minimum Gasteiger partial charge on any atom is -0.297 e. The van der Waals surface area contributed by atoms with Crippen LogP contribution < -0.4 is 0 Å². The van der Waals surface area contributed by atoms with Gasteiger partial charge in [-0.2, -0.15) is 0 Å². The third kappa shape index (κ3) is 1.76. The molecule has 0 unspecified atom stereocenters. The van der Waals surface area contributed by atoms with Crippen molar-refractivity contribution in [1.82, 2.24) is 9.38 Å². The Morgan fingerprint density at radius 2 is 2.25 bits per heavy atom. The largest absolute Gasteiger partial charge is 0.297 e. The van der Waals surface area contributed by atoms with Crippen LogP contribution in [-0.4, -0.2) is 15.3 Å². The Hall–Kier alpha value is -0.540. The second-order valence-electron chi connectivity index (χ2n) is 4.84. The number of rotatable bonds is 3. The van der Waals surface area contributed by atoms with Crippen LogP contribution in [0.2, 0.25) is 0 Å². The highest BCUT2D eigenvalue weighted by molar-refractivity contribution is 7.15. The first-order chi connectivity index (χ1) is 7.81. The summed E-state index contributed by atoms with van der Waals surface area (Å²) >= 11 is 7.85. The average molecular weight is 255 g/mol. The van der Waals surface area contributed by atoms with Crippen LogP contribution in [0.15, 0.2) is 17.8 Å². The van der Waals surface area contributed by atoms with Gasteiger partial charge in [0.15, 0.2) is 4.96 Å². The van der Waals surface area contributed by atoms with E-state index < -0.39 is 0 Å². The number of aromatic nitrogens is 2. The lowest BCUT2D eigenvalue weighted by Gasteiger charge is -2.24. The number of hydrogen-bond donors (Lipinski definition) is 0. The van der Waals surface area contributed by atoms with Crippen LogP contribution in [0.25, 0.3) is 4.96 Å². The maximum atomic E-state index is 6.16. The molecule has 2 heterocycles. The van der Waals surface area contributed by atoms with Crippen molar-refractivity contribution in [2.24, 2.45) is 5.41 Å². The van der Waals surface area contributed by atoms with Gasteiger partial charge in [-0.1, -0.05) is 12.8 Å². The molecule has 0 bridgehead atoms. The van der Waals surface area contributed by atoms with Gasteiger partial charge in [0.25, 0.3) is 0 Å². The molecule has 0 atom stereocenters. The van der Waals surface area contributed by atoms with Crippen LogP contribution in [0, 0.1) is 5.41 Å². The summed E-state index contributed by atoms with van der Waals surface area (Å²) in [6.07, 6.45) is 10.5. The molecule has 1 saturated carbocycles. The molecule has 0 aliphatic heterocycles. The first kappa shape index (κ1) is 10.6. The molecule has 0 amide bonds. The van der Waals surface area contributed by atoms with Gasteiger partial charge in [-0.05, 0) is 24.7 Å². The molecule has 0 spiro atoms. The van der Waals surface area contributed by atoms with Crippen molar-refractivity contribution >= 4 is 27.9 Å². The molecular formula is C12H15ClN2S. The van der Waals surface area contributed by atoms with Crippen LogP contribution in [0.1, 0.15) is 31.4 Å². The molecular weight excluding hydrogens is 240 g/mol. The Balaban J connectivity index is 1.85. The van der Waals surface area contributed by atoms with Crippen molar-refractivity contribution in [2.75, 3.05) is 5.88 Å². The van der Waals surface area contributed by atoms with Crippen molar-refractivity contribution < 1.29 is 0 Å². The Morgan fingerprint density at radius 1 is 1.44 bits per heavy atom. The maximum absolute atomic E-state index is 6.16. The Kier molecular flexibility index (Phi) is 2.68. The smallest absolute Gasteiger partial charge is 0.193 e. The zero-order valence-electron chi connectivity index (χ0n) is 9.16. The summed E-state index contributed by atoms with van der Waals surface area (Å²) in [7, 11) is 0. The Bertz CT molecular complexity index is 453. The van der Waals surface area contributed by atoms with Crippen molar-refractivity contribution in [3.05, 3.63) is 23.5 Å². The molecule has 16 heavy (non-hydrogen) atoms. The van der Waals surface area contributed by atoms with E-state index >= 15 is 0 Å². The van der Waals surface area contributed by atoms with Crippen LogP contribution in [0.3, 0.4) is 0 Å². The SMILES string of the molecule is ClCC1(Cc2cn3ccsc3n2)CCCC1. The summed E-state index contributed by atoms with van der Waals surface area (Å²) < 4.78 is 2.11. The second kappa shape index (κ2) is 4.04. The van der Waals surface area contributed by atoms with Crippen molar-refractivity contribution in [1.29, 1.82) is 0 Å². The molecule has 1 aliphatic carbocycles. The quantitative estimate of drug-likeness (QED) is 0.763. The molecule has 4 heteroatoms. The van der Waals surface area contributed by atoms with Crippen molar-refractivity contribution in [3.63, 3.8) is 0 Å². The van der Waals surface area contributed by atoms with Crippen LogP contribution in [-0.2, 0) is 6.42 Å². The fourth-order valence-corrected chi connectivity index (χ4v) is 3.81. The number of thiazole rings is 1. The minimum atomic E-state index is 0.325. The van der Waals surface area contributed by atoms with Crippen molar-refractivity contribution in [2.45, 2.75) is 32.1 Å². The van der Waals surface area contributed by atoms with E-state index in [4.69, 9.17) is 11.6 Å². The lowest BCUT2D eigenvalue weighted by Crippen LogP contribution is -2.21. The molecule has 0 aromatic carbocycles. The molecule has 2 aromatic rings. The summed E-state index contributed by atoms with van der Waals surface area (Å²) in [6.45, 7) is 0. The van der Waals surface area contributed by atoms with E-state index in [-0.39, 0.29) is 0 Å². The number of imidazole rings is 1. The summed E-state index contributed by atoms with van der Waals surface area (Å²) in [5.41, 5.74) is 1.53. The number of alkyl halides is 1. The first-order valence-electron chi connectivity index (χ1n) is 5.78. The van der Waals surface area contributed by atoms with Gasteiger partial charge in [0, 0.05) is 23.7 Å². The number of hydrogen-bond acceptors (Lipinski definition) is 2. The summed E-state index contributed by atoms with van der Waals surface area (Å²) in [6, 6.07) is 0. The molecule has 0 N–H and O–H groups in total. The van der Waals surface area contributed by atoms with E-state index in [1.165, 1.54) is 31.4 Å². The summed E-state index contributed by atoms with van der Waals surface area (Å²) in [5, 5.41) is 2.07. The fraction of sp³-hybridized carbons (Fsp3) is 0.583. The number of nitrogens with zero attached hydrogens (tertiary/aromatic N) is 2. The van der Waals surface area contributed by atoms with Gasteiger partial charge in [0.05, 0.1) is 5.69 Å². The van der Waals surface area contributed by atoms with Gasteiger partial charge in [-0.25, -0.2) is 4.98 Å². The lowest BCUT2D eigenvalue weighted by molar-refractivity contribution is 0.338. The van der Waals surface area contributed by atoms with E-state index in [1.54, 1.807) is 11.3 Å². The fourth-order valence-electron chi connectivity index (χ4n) is 2.73. The Morgan fingerprint density at radius 3 is 2.94 bits per heavy atom. The molecule has 1 aliphatic rings. The van der Waals surface area contributed by atoms with E-state index in [0.717, 1.165) is 17.3 Å². The molecule has 2 nitrogen and oxygen atoms in total. The maximum Gasteiger partial charge on any atom is 0.193 e. The zero-order valence-corrected chi connectivity index (χ0v) is 10.7. The third-order valence-corrected chi connectivity index (χ3v) is 4.98. The van der Waals surface area contributed by atoms with Gasteiger partial charge in [0.2, 0.25) is 0 Å². The van der Waals surface area contributed by atoms with Gasteiger partial charge in [0.1, 0.15) is 0 Å². The lowest BCUT2D eigenvalue weighted by atomic mass is 9.84. The highest BCUT2D eigenvalue weighted by Gasteiger charge is 2.33. The highest BCUT2D eigenvalue weighted by Crippen LogP contribution is 2.41. The topological polar surface area (TPSA) is 17.3 Å². The van der Waals surface area contributed by atoms with Gasteiger partial charge < -0.3 is 0 Å². The standard InChI is InChI=1S/C12H15ClN2S/c13-9-12(3-1-2-4-12)7-10-8-15-5-6-16-11(15)14-10/h5-6,8H,1-4,7,9H2.